The molecule has 0 unspecified atom stereocenters. The van der Waals surface area contributed by atoms with Gasteiger partial charge in [0, 0.05) is 7.05 Å². The van der Waals surface area contributed by atoms with Crippen LogP contribution in [0.5, 0.6) is 0 Å². The van der Waals surface area contributed by atoms with Gasteiger partial charge in [0.2, 0.25) is 5.91 Å². The van der Waals surface area contributed by atoms with Crippen LogP contribution in [0.15, 0.2) is 18.2 Å². The molecule has 0 aromatic heterocycles. The Hall–Kier alpha value is -2.35. The van der Waals surface area contributed by atoms with Gasteiger partial charge in [-0.15, -0.1) is 0 Å². The number of hydrogen-bond donors (Lipinski definition) is 1. The van der Waals surface area contributed by atoms with E-state index in [9.17, 15) is 9.59 Å². The Morgan fingerprint density at radius 3 is 2.61 bits per heavy atom. The van der Waals surface area contributed by atoms with Crippen LogP contribution in [0.3, 0.4) is 0 Å². The van der Waals surface area contributed by atoms with Crippen molar-refractivity contribution >= 4 is 11.8 Å². The van der Waals surface area contributed by atoms with E-state index in [-0.39, 0.29) is 11.1 Å². The number of hydrogen-bond acceptors (Lipinski definition) is 3. The maximum atomic E-state index is 12.5. The number of nitrogens with zero attached hydrogens (tertiary/aromatic N) is 2. The molecule has 1 saturated carbocycles. The molecule has 1 fully saturated rings. The summed E-state index contributed by atoms with van der Waals surface area (Å²) in [5, 5.41) is 8.96. The maximum Gasteiger partial charge on any atom is 0.267 e. The Kier molecular flexibility index (Phi) is 5.75. The van der Waals surface area contributed by atoms with Gasteiger partial charge in [-0.3, -0.25) is 9.59 Å². The highest BCUT2D eigenvalue weighted by Crippen LogP contribution is 2.28. The second-order valence-electron chi connectivity index (χ2n) is 6.21. The number of carbonyl (C=O) groups is 2. The lowest BCUT2D eigenvalue weighted by Gasteiger charge is -2.22. The largest absolute Gasteiger partial charge is 0.366 e. The number of aryl methyl sites for hydroxylation is 1. The molecule has 2 rings (SSSR count). The number of rotatable bonds is 5. The fourth-order valence-electron chi connectivity index (χ4n) is 3.31. The summed E-state index contributed by atoms with van der Waals surface area (Å²) in [6.45, 7) is 0. The van der Waals surface area contributed by atoms with Crippen LogP contribution >= 0.6 is 0 Å². The van der Waals surface area contributed by atoms with E-state index in [1.807, 2.05) is 6.07 Å². The van der Waals surface area contributed by atoms with Crippen LogP contribution in [0.2, 0.25) is 0 Å². The van der Waals surface area contributed by atoms with Crippen molar-refractivity contribution in [3.8, 4) is 6.19 Å². The fraction of sp³-hybridized carbons (Fsp3) is 0.500. The molecule has 5 heteroatoms. The third-order valence-electron chi connectivity index (χ3n) is 4.63. The van der Waals surface area contributed by atoms with Crippen molar-refractivity contribution in [3.05, 3.63) is 34.9 Å². The van der Waals surface area contributed by atoms with E-state index in [2.05, 4.69) is 0 Å². The van der Waals surface area contributed by atoms with E-state index in [4.69, 9.17) is 11.0 Å². The Labute approximate surface area is 137 Å². The highest BCUT2D eigenvalue weighted by Gasteiger charge is 2.23. The van der Waals surface area contributed by atoms with Crippen molar-refractivity contribution in [2.45, 2.75) is 44.9 Å². The normalized spacial score (nSPS) is 15.0. The van der Waals surface area contributed by atoms with Gasteiger partial charge in [0.1, 0.15) is 0 Å². The molecule has 1 aliphatic carbocycles. The summed E-state index contributed by atoms with van der Waals surface area (Å²) in [7, 11) is 1.39. The second-order valence-corrected chi connectivity index (χ2v) is 6.21. The highest BCUT2D eigenvalue weighted by atomic mass is 16.2. The minimum atomic E-state index is -0.640. The molecule has 1 aliphatic rings. The molecular formula is C18H23N3O2. The van der Waals surface area contributed by atoms with E-state index < -0.39 is 11.8 Å². The molecule has 122 valence electrons. The molecule has 0 radical (unpaired) electrons. The van der Waals surface area contributed by atoms with Crippen LogP contribution < -0.4 is 5.73 Å². The van der Waals surface area contributed by atoms with E-state index in [1.54, 1.807) is 18.3 Å². The predicted molar refractivity (Wildman–Crippen MR) is 87.6 cm³/mol. The van der Waals surface area contributed by atoms with Gasteiger partial charge in [-0.2, -0.15) is 5.26 Å². The molecule has 0 spiro atoms. The summed E-state index contributed by atoms with van der Waals surface area (Å²) in [5.74, 6) is -0.433. The SMILES string of the molecule is CN(C#N)C(=O)c1c(CCC2CCCCC2)cccc1C(N)=O. The molecule has 0 atom stereocenters. The Balaban J connectivity index is 2.27. The summed E-state index contributed by atoms with van der Waals surface area (Å²) in [6.07, 6.45) is 9.84. The zero-order chi connectivity index (χ0) is 16.8. The standard InChI is InChI=1S/C18H23N3O2/c1-21(12-19)18(23)16-14(8-5-9-15(16)17(20)22)11-10-13-6-3-2-4-7-13/h5,8-9,13H,2-4,6-7,10-11H2,1H3,(H2,20,22). The molecule has 0 heterocycles. The molecule has 0 aliphatic heterocycles. The monoisotopic (exact) mass is 313 g/mol. The number of nitrogens with two attached hydrogens (primary N) is 1. The predicted octanol–water partition coefficient (Wildman–Crippen LogP) is 2.85. The van der Waals surface area contributed by atoms with Crippen LogP contribution in [0.4, 0.5) is 0 Å². The zero-order valence-electron chi connectivity index (χ0n) is 13.5. The first-order chi connectivity index (χ1) is 11.0. The van der Waals surface area contributed by atoms with E-state index in [1.165, 1.54) is 39.2 Å². The smallest absolute Gasteiger partial charge is 0.267 e. The first-order valence-corrected chi connectivity index (χ1v) is 8.14. The van der Waals surface area contributed by atoms with E-state index in [0.717, 1.165) is 23.3 Å². The molecule has 2 amide bonds. The Morgan fingerprint density at radius 1 is 1.30 bits per heavy atom. The third-order valence-corrected chi connectivity index (χ3v) is 4.63. The molecule has 2 N–H and O–H groups in total. The second kappa shape index (κ2) is 7.77. The molecule has 0 bridgehead atoms. The van der Waals surface area contributed by atoms with Crippen molar-refractivity contribution in [2.24, 2.45) is 11.7 Å². The average molecular weight is 313 g/mol. The summed E-state index contributed by atoms with van der Waals surface area (Å²) >= 11 is 0. The quantitative estimate of drug-likeness (QED) is 0.669. The molecule has 1 aromatic rings. The molecule has 1 aromatic carbocycles. The zero-order valence-corrected chi connectivity index (χ0v) is 13.5. The van der Waals surface area contributed by atoms with Crippen LogP contribution in [0, 0.1) is 17.4 Å². The number of amides is 2. The van der Waals surface area contributed by atoms with Crippen molar-refractivity contribution in [1.82, 2.24) is 4.90 Å². The van der Waals surface area contributed by atoms with Gasteiger partial charge in [-0.05, 0) is 30.4 Å². The number of primary amides is 1. The topological polar surface area (TPSA) is 87.2 Å². The molecule has 23 heavy (non-hydrogen) atoms. The van der Waals surface area contributed by atoms with Gasteiger partial charge in [0.05, 0.1) is 11.1 Å². The van der Waals surface area contributed by atoms with Crippen LogP contribution in [0.25, 0.3) is 0 Å². The van der Waals surface area contributed by atoms with Crippen molar-refractivity contribution in [2.75, 3.05) is 7.05 Å². The van der Waals surface area contributed by atoms with Gasteiger partial charge in [0.25, 0.3) is 5.91 Å². The summed E-state index contributed by atoms with van der Waals surface area (Å²) < 4.78 is 0. The van der Waals surface area contributed by atoms with Gasteiger partial charge in [-0.25, -0.2) is 4.90 Å². The molecule has 0 saturated heterocycles. The first kappa shape index (κ1) is 17.0. The average Bonchev–Trinajstić information content (AvgIpc) is 2.59. The number of nitriles is 1. The van der Waals surface area contributed by atoms with Crippen LogP contribution in [-0.2, 0) is 6.42 Å². The Bertz CT molecular complexity index is 628. The lowest BCUT2D eigenvalue weighted by molar-refractivity contribution is 0.0849. The van der Waals surface area contributed by atoms with Gasteiger partial charge in [-0.1, -0.05) is 44.2 Å². The highest BCUT2D eigenvalue weighted by molar-refractivity contribution is 6.08. The van der Waals surface area contributed by atoms with Gasteiger partial charge >= 0.3 is 0 Å². The maximum absolute atomic E-state index is 12.5. The minimum absolute atomic E-state index is 0.193. The number of carbonyl (C=O) groups excluding carboxylic acids is 2. The summed E-state index contributed by atoms with van der Waals surface area (Å²) in [4.78, 5) is 25.1. The van der Waals surface area contributed by atoms with E-state index >= 15 is 0 Å². The fourth-order valence-corrected chi connectivity index (χ4v) is 3.31. The van der Waals surface area contributed by atoms with Crippen molar-refractivity contribution in [1.29, 1.82) is 5.26 Å². The van der Waals surface area contributed by atoms with Crippen molar-refractivity contribution < 1.29 is 9.59 Å². The minimum Gasteiger partial charge on any atom is -0.366 e. The first-order valence-electron chi connectivity index (χ1n) is 8.14. The van der Waals surface area contributed by atoms with Gasteiger partial charge < -0.3 is 5.73 Å². The third kappa shape index (κ3) is 4.10. The summed E-state index contributed by atoms with van der Waals surface area (Å²) in [5.41, 5.74) is 6.68. The van der Waals surface area contributed by atoms with E-state index in [0.29, 0.717) is 5.92 Å². The number of benzene rings is 1. The molecular weight excluding hydrogens is 290 g/mol. The Morgan fingerprint density at radius 2 is 2.00 bits per heavy atom. The van der Waals surface area contributed by atoms with Crippen LogP contribution in [-0.4, -0.2) is 23.8 Å². The lowest BCUT2D eigenvalue weighted by atomic mass is 9.84. The summed E-state index contributed by atoms with van der Waals surface area (Å²) in [6, 6.07) is 5.15. The van der Waals surface area contributed by atoms with Crippen molar-refractivity contribution in [3.63, 3.8) is 0 Å². The van der Waals surface area contributed by atoms with Crippen LogP contribution in [0.1, 0.15) is 64.8 Å². The lowest BCUT2D eigenvalue weighted by Crippen LogP contribution is -2.27. The van der Waals surface area contributed by atoms with Gasteiger partial charge in [0.15, 0.2) is 6.19 Å². The molecule has 5 nitrogen and oxygen atoms in total.